The summed E-state index contributed by atoms with van der Waals surface area (Å²) in [6.45, 7) is 6.98. The fourth-order valence-corrected chi connectivity index (χ4v) is 3.35. The highest BCUT2D eigenvalue weighted by Crippen LogP contribution is 2.21. The zero-order chi connectivity index (χ0) is 21.6. The standard InChI is InChI=1S/C23H32N4O2/c1-16-11-17(2)23(18(3)12-16)25-22(29)15-27(6)14-21(28)24-13-19-7-9-20(10-8-19)26(4)5/h7-12H,13-15H2,1-6H3,(H,24,28)(H,25,29)/p+1. The fourth-order valence-electron chi connectivity index (χ4n) is 3.35. The molecule has 2 rings (SSSR count). The van der Waals surface area contributed by atoms with Gasteiger partial charge in [-0.2, -0.15) is 0 Å². The van der Waals surface area contributed by atoms with Crippen molar-refractivity contribution in [2.24, 2.45) is 0 Å². The second-order valence-electron chi connectivity index (χ2n) is 7.97. The van der Waals surface area contributed by atoms with Gasteiger partial charge in [0.25, 0.3) is 11.8 Å². The van der Waals surface area contributed by atoms with Gasteiger partial charge in [-0.15, -0.1) is 0 Å². The molecule has 0 radical (unpaired) electrons. The van der Waals surface area contributed by atoms with E-state index in [0.29, 0.717) is 6.54 Å². The van der Waals surface area contributed by atoms with E-state index < -0.39 is 0 Å². The number of carbonyl (C=O) groups is 2. The van der Waals surface area contributed by atoms with Crippen LogP contribution in [0.15, 0.2) is 36.4 Å². The topological polar surface area (TPSA) is 65.9 Å². The summed E-state index contributed by atoms with van der Waals surface area (Å²) in [5.41, 5.74) is 6.30. The molecule has 0 spiro atoms. The van der Waals surface area contributed by atoms with Crippen molar-refractivity contribution < 1.29 is 14.5 Å². The minimum absolute atomic E-state index is 0.0744. The van der Waals surface area contributed by atoms with Crippen LogP contribution in [0.1, 0.15) is 22.3 Å². The smallest absolute Gasteiger partial charge is 0.279 e. The fraction of sp³-hybridized carbons (Fsp3) is 0.391. The first-order valence-corrected chi connectivity index (χ1v) is 9.87. The van der Waals surface area contributed by atoms with E-state index in [1.807, 2.05) is 71.1 Å². The molecule has 0 saturated heterocycles. The highest BCUT2D eigenvalue weighted by atomic mass is 16.2. The molecule has 0 saturated carbocycles. The Labute approximate surface area is 173 Å². The number of rotatable bonds is 8. The van der Waals surface area contributed by atoms with Gasteiger partial charge in [0.15, 0.2) is 13.1 Å². The molecule has 156 valence electrons. The molecule has 0 aliphatic rings. The number of quaternary nitrogens is 1. The molecule has 29 heavy (non-hydrogen) atoms. The monoisotopic (exact) mass is 397 g/mol. The maximum Gasteiger partial charge on any atom is 0.279 e. The lowest BCUT2D eigenvalue weighted by Crippen LogP contribution is -3.11. The third-order valence-corrected chi connectivity index (χ3v) is 4.81. The number of aryl methyl sites for hydroxylation is 3. The third-order valence-electron chi connectivity index (χ3n) is 4.81. The lowest BCUT2D eigenvalue weighted by atomic mass is 10.1. The quantitative estimate of drug-likeness (QED) is 0.632. The van der Waals surface area contributed by atoms with Gasteiger partial charge in [0.1, 0.15) is 0 Å². The zero-order valence-corrected chi connectivity index (χ0v) is 18.3. The number of nitrogens with zero attached hydrogens (tertiary/aromatic N) is 1. The first kappa shape index (κ1) is 22.4. The zero-order valence-electron chi connectivity index (χ0n) is 18.3. The minimum atomic E-state index is -0.0929. The number of anilines is 2. The van der Waals surface area contributed by atoms with Gasteiger partial charge in [-0.05, 0) is 49.6 Å². The number of benzene rings is 2. The van der Waals surface area contributed by atoms with E-state index in [1.54, 1.807) is 0 Å². The van der Waals surface area contributed by atoms with Gasteiger partial charge >= 0.3 is 0 Å². The van der Waals surface area contributed by atoms with Crippen molar-refractivity contribution >= 4 is 23.2 Å². The van der Waals surface area contributed by atoms with E-state index >= 15 is 0 Å². The maximum atomic E-state index is 12.4. The van der Waals surface area contributed by atoms with E-state index in [9.17, 15) is 9.59 Å². The molecule has 0 bridgehead atoms. The average Bonchev–Trinajstić information content (AvgIpc) is 2.63. The molecule has 2 aromatic rings. The lowest BCUT2D eigenvalue weighted by Gasteiger charge is -2.16. The van der Waals surface area contributed by atoms with Crippen molar-refractivity contribution in [3.8, 4) is 0 Å². The average molecular weight is 398 g/mol. The van der Waals surface area contributed by atoms with Gasteiger partial charge in [-0.1, -0.05) is 29.8 Å². The van der Waals surface area contributed by atoms with Crippen LogP contribution in [0.3, 0.4) is 0 Å². The Bertz CT molecular complexity index is 837. The summed E-state index contributed by atoms with van der Waals surface area (Å²) in [4.78, 5) is 27.5. The van der Waals surface area contributed by atoms with Crippen molar-refractivity contribution in [3.63, 3.8) is 0 Å². The van der Waals surface area contributed by atoms with Crippen LogP contribution in [0.5, 0.6) is 0 Å². The molecule has 0 heterocycles. The van der Waals surface area contributed by atoms with E-state index in [1.165, 1.54) is 5.56 Å². The van der Waals surface area contributed by atoms with Crippen LogP contribution < -0.4 is 20.4 Å². The van der Waals surface area contributed by atoms with Gasteiger partial charge in [-0.3, -0.25) is 9.59 Å². The number of likely N-dealkylation sites (N-methyl/N-ethyl adjacent to an activating group) is 1. The molecule has 6 nitrogen and oxygen atoms in total. The summed E-state index contributed by atoms with van der Waals surface area (Å²) >= 11 is 0. The molecule has 0 aliphatic heterocycles. The third kappa shape index (κ3) is 6.91. The van der Waals surface area contributed by atoms with Crippen LogP contribution in [0, 0.1) is 20.8 Å². The Balaban J connectivity index is 1.80. The van der Waals surface area contributed by atoms with E-state index in [4.69, 9.17) is 0 Å². The number of hydrogen-bond acceptors (Lipinski definition) is 3. The minimum Gasteiger partial charge on any atom is -0.378 e. The Morgan fingerprint density at radius 1 is 0.931 bits per heavy atom. The molecular formula is C23H33N4O2+. The predicted molar refractivity (Wildman–Crippen MR) is 119 cm³/mol. The summed E-state index contributed by atoms with van der Waals surface area (Å²) in [6, 6.07) is 12.2. The van der Waals surface area contributed by atoms with Crippen molar-refractivity contribution in [2.75, 3.05) is 44.4 Å². The first-order chi connectivity index (χ1) is 13.7. The van der Waals surface area contributed by atoms with E-state index in [2.05, 4.69) is 22.8 Å². The van der Waals surface area contributed by atoms with Crippen molar-refractivity contribution in [1.82, 2.24) is 5.32 Å². The summed E-state index contributed by atoms with van der Waals surface area (Å²) in [5, 5.41) is 5.91. The molecule has 2 aromatic carbocycles. The Morgan fingerprint density at radius 2 is 1.48 bits per heavy atom. The van der Waals surface area contributed by atoms with Crippen LogP contribution >= 0.6 is 0 Å². The molecule has 1 unspecified atom stereocenters. The first-order valence-electron chi connectivity index (χ1n) is 9.87. The van der Waals surface area contributed by atoms with Gasteiger partial charge in [0.2, 0.25) is 0 Å². The highest BCUT2D eigenvalue weighted by molar-refractivity contribution is 5.93. The van der Waals surface area contributed by atoms with Crippen LogP contribution in [0.2, 0.25) is 0 Å². The van der Waals surface area contributed by atoms with Crippen LogP contribution in [0.25, 0.3) is 0 Å². The molecule has 0 fully saturated rings. The maximum absolute atomic E-state index is 12.4. The molecule has 2 amide bonds. The molecule has 3 N–H and O–H groups in total. The van der Waals surface area contributed by atoms with Gasteiger partial charge in [0, 0.05) is 32.0 Å². The van der Waals surface area contributed by atoms with Crippen LogP contribution in [-0.2, 0) is 16.1 Å². The molecule has 1 atom stereocenters. The van der Waals surface area contributed by atoms with Crippen molar-refractivity contribution in [3.05, 3.63) is 58.7 Å². The number of nitrogens with one attached hydrogen (secondary N) is 3. The Morgan fingerprint density at radius 3 is 2.03 bits per heavy atom. The summed E-state index contributed by atoms with van der Waals surface area (Å²) in [7, 11) is 5.83. The summed E-state index contributed by atoms with van der Waals surface area (Å²) < 4.78 is 0. The lowest BCUT2D eigenvalue weighted by molar-refractivity contribution is -0.862. The van der Waals surface area contributed by atoms with Gasteiger partial charge < -0.3 is 20.4 Å². The van der Waals surface area contributed by atoms with Crippen molar-refractivity contribution in [1.29, 1.82) is 0 Å². The molecule has 0 aromatic heterocycles. The van der Waals surface area contributed by atoms with E-state index in [-0.39, 0.29) is 24.9 Å². The number of carbonyl (C=O) groups excluding carboxylic acids is 2. The molecule has 6 heteroatoms. The summed E-state index contributed by atoms with van der Waals surface area (Å²) in [5.74, 6) is -0.167. The second kappa shape index (κ2) is 10.1. The summed E-state index contributed by atoms with van der Waals surface area (Å²) in [6.07, 6.45) is 0. The van der Waals surface area contributed by atoms with E-state index in [0.717, 1.165) is 33.0 Å². The predicted octanol–water partition coefficient (Wildman–Crippen LogP) is 1.45. The normalized spacial score (nSPS) is 11.7. The molecular weight excluding hydrogens is 364 g/mol. The SMILES string of the molecule is Cc1cc(C)c(NC(=O)C[NH+](C)CC(=O)NCc2ccc(N(C)C)cc2)c(C)c1. The van der Waals surface area contributed by atoms with Gasteiger partial charge in [-0.25, -0.2) is 0 Å². The van der Waals surface area contributed by atoms with Crippen LogP contribution in [0.4, 0.5) is 11.4 Å². The second-order valence-corrected chi connectivity index (χ2v) is 7.97. The Kier molecular flexibility index (Phi) is 7.79. The number of amides is 2. The van der Waals surface area contributed by atoms with Crippen molar-refractivity contribution in [2.45, 2.75) is 27.3 Å². The van der Waals surface area contributed by atoms with Gasteiger partial charge in [0.05, 0.1) is 7.05 Å². The van der Waals surface area contributed by atoms with Crippen LogP contribution in [-0.4, -0.2) is 46.0 Å². The Hall–Kier alpha value is -2.86. The highest BCUT2D eigenvalue weighted by Gasteiger charge is 2.16. The number of hydrogen-bond donors (Lipinski definition) is 3. The molecule has 0 aliphatic carbocycles. The largest absolute Gasteiger partial charge is 0.378 e.